The van der Waals surface area contributed by atoms with Gasteiger partial charge in [0.1, 0.15) is 0 Å². The average molecular weight is 547 g/mol. The molecule has 0 spiro atoms. The van der Waals surface area contributed by atoms with Crippen LogP contribution in [0.1, 0.15) is 67.2 Å². The molecule has 9 heteroatoms. The van der Waals surface area contributed by atoms with Gasteiger partial charge in [-0.25, -0.2) is 0 Å². The summed E-state index contributed by atoms with van der Waals surface area (Å²) in [7, 11) is 0. The smallest absolute Gasteiger partial charge is 0.0675 e. The van der Waals surface area contributed by atoms with Crippen molar-refractivity contribution >= 4 is 45.0 Å². The third-order valence-electron chi connectivity index (χ3n) is 3.71. The molecule has 0 saturated carbocycles. The minimum absolute atomic E-state index is 0.191. The molecule has 0 saturated heterocycles. The van der Waals surface area contributed by atoms with Gasteiger partial charge in [0.25, 0.3) is 0 Å². The van der Waals surface area contributed by atoms with E-state index in [0.717, 1.165) is 11.8 Å². The number of carbonyl (C=O) groups is 4. The SMILES string of the molecule is CC(C)[CH2][SnH2+4][CH2]C(C)C.CCC/C(=C/C(=O)[O-])C(=O)[O-].CCC/C(=C/C(=O)[O-])C(=O)[O-]. The second-order valence-electron chi connectivity index (χ2n) is 7.77. The summed E-state index contributed by atoms with van der Waals surface area (Å²) in [4.78, 5) is 40.1. The van der Waals surface area contributed by atoms with Gasteiger partial charge in [-0.1, -0.05) is 26.7 Å². The molecule has 0 rings (SSSR count). The maximum Gasteiger partial charge on any atom is 0.0675 e. The molecule has 0 aliphatic heterocycles. The largest absolute Gasteiger partial charge is 0.545 e. The summed E-state index contributed by atoms with van der Waals surface area (Å²) >= 11 is -0.245. The molecule has 0 aromatic heterocycles. The van der Waals surface area contributed by atoms with Crippen molar-refractivity contribution in [2.24, 2.45) is 11.8 Å². The number of aliphatic carboxylic acids is 4. The summed E-state index contributed by atoms with van der Waals surface area (Å²) in [6, 6.07) is 0. The second kappa shape index (κ2) is 21.4. The molecule has 4 radical (unpaired) electrons. The van der Waals surface area contributed by atoms with E-state index in [1.54, 1.807) is 22.7 Å². The monoisotopic (exact) mass is 548 g/mol. The van der Waals surface area contributed by atoms with Gasteiger partial charge < -0.3 is 39.6 Å². The molecule has 0 aromatic rings. The van der Waals surface area contributed by atoms with Crippen LogP contribution in [0.4, 0.5) is 0 Å². The first kappa shape index (κ1) is 33.8. The van der Waals surface area contributed by atoms with Gasteiger partial charge in [-0.3, -0.25) is 0 Å². The standard InChI is InChI=1S/2C7H10O4.2C4H9.Sn.2H/c2*1-2-3-5(7(10)11)4-6(8)9;2*1-4(2)3;;;/h2*4H,2-3H2,1H3,(H,8,9)(H,10,11);2*4H,1H2,2-3H3;;;/q;;;;+4;;/p-4/b2*5-4-;;;;;. The summed E-state index contributed by atoms with van der Waals surface area (Å²) < 4.78 is 3.22. The minimum Gasteiger partial charge on any atom is -0.545 e. The Balaban J connectivity index is -0.000000382. The quantitative estimate of drug-likeness (QED) is 0.216. The number of hydrogen-bond donors (Lipinski definition) is 0. The number of carboxylic acids is 4. The van der Waals surface area contributed by atoms with Crippen LogP contribution < -0.4 is 20.4 Å². The van der Waals surface area contributed by atoms with Gasteiger partial charge in [-0.15, -0.1) is 0 Å². The normalized spacial score (nSPS) is 11.2. The first-order valence-corrected chi connectivity index (χ1v) is 16.2. The van der Waals surface area contributed by atoms with Crippen LogP contribution in [0.3, 0.4) is 0 Å². The fraction of sp³-hybridized carbons (Fsp3) is 0.636. The molecule has 0 unspecified atom stereocenters. The number of carbonyl (C=O) groups excluding carboxylic acids is 4. The number of hydrogen-bond acceptors (Lipinski definition) is 8. The van der Waals surface area contributed by atoms with Crippen LogP contribution in [0.15, 0.2) is 23.3 Å². The van der Waals surface area contributed by atoms with E-state index in [-0.39, 0.29) is 45.1 Å². The Labute approximate surface area is 195 Å². The van der Waals surface area contributed by atoms with Crippen molar-refractivity contribution in [3.8, 4) is 0 Å². The summed E-state index contributed by atoms with van der Waals surface area (Å²) in [5, 5.41) is 40.1. The Kier molecular flexibility index (Phi) is 23.3. The van der Waals surface area contributed by atoms with Crippen LogP contribution in [0, 0.1) is 11.8 Å². The van der Waals surface area contributed by atoms with E-state index in [1.807, 2.05) is 0 Å². The zero-order valence-electron chi connectivity index (χ0n) is 19.5. The molecule has 0 aromatic carbocycles. The van der Waals surface area contributed by atoms with Gasteiger partial charge in [-0.05, 0) is 36.1 Å². The van der Waals surface area contributed by atoms with Crippen molar-refractivity contribution in [3.05, 3.63) is 23.3 Å². The van der Waals surface area contributed by atoms with Crippen molar-refractivity contribution in [1.29, 1.82) is 0 Å². The summed E-state index contributed by atoms with van der Waals surface area (Å²) in [5.74, 6) is -3.93. The van der Waals surface area contributed by atoms with Crippen LogP contribution >= 0.6 is 0 Å². The Morgan fingerprint density at radius 3 is 1.13 bits per heavy atom. The summed E-state index contributed by atoms with van der Waals surface area (Å²) in [5.41, 5.74) is -0.458. The Bertz CT molecular complexity index is 555. The molecule has 0 N–H and O–H groups in total. The third-order valence-corrected chi connectivity index (χ3v) is 12.6. The van der Waals surface area contributed by atoms with Crippen LogP contribution in [0.2, 0.25) is 8.87 Å². The topological polar surface area (TPSA) is 161 Å². The second-order valence-corrected chi connectivity index (χ2v) is 13.1. The fourth-order valence-electron chi connectivity index (χ4n) is 2.22. The summed E-state index contributed by atoms with van der Waals surface area (Å²) in [6.45, 7) is 12.9. The Morgan fingerprint density at radius 2 is 0.968 bits per heavy atom. The molecule has 0 bridgehead atoms. The first-order chi connectivity index (χ1) is 14.3. The van der Waals surface area contributed by atoms with Crippen LogP contribution in [-0.2, 0) is 19.2 Å². The van der Waals surface area contributed by atoms with E-state index in [2.05, 4.69) is 27.7 Å². The molecule has 0 fully saturated rings. The van der Waals surface area contributed by atoms with Crippen molar-refractivity contribution in [2.75, 3.05) is 0 Å². The maximum atomic E-state index is 10.2. The molecular weight excluding hydrogens is 511 g/mol. The Morgan fingerprint density at radius 1 is 0.677 bits per heavy atom. The molecule has 0 aliphatic rings. The molecule has 8 nitrogen and oxygen atoms in total. The fourth-order valence-corrected chi connectivity index (χ4v) is 7.56. The maximum absolute atomic E-state index is 10.2. The van der Waals surface area contributed by atoms with E-state index in [4.69, 9.17) is 0 Å². The van der Waals surface area contributed by atoms with Crippen molar-refractivity contribution in [1.82, 2.24) is 0 Å². The van der Waals surface area contributed by atoms with E-state index in [0.29, 0.717) is 25.0 Å². The number of rotatable bonds is 12. The number of carboxylic acid groups (broad SMARTS) is 4. The van der Waals surface area contributed by atoms with E-state index >= 15 is 0 Å². The predicted octanol–water partition coefficient (Wildman–Crippen LogP) is -1.27. The van der Waals surface area contributed by atoms with Gasteiger partial charge in [0, 0.05) is 0 Å². The van der Waals surface area contributed by atoms with Crippen molar-refractivity contribution in [2.45, 2.75) is 76.1 Å². The molecule has 0 amide bonds. The molecule has 31 heavy (non-hydrogen) atoms. The van der Waals surface area contributed by atoms with Crippen LogP contribution in [-0.4, -0.2) is 45.0 Å². The van der Waals surface area contributed by atoms with Gasteiger partial charge in [0.15, 0.2) is 0 Å². The molecule has 0 aliphatic carbocycles. The van der Waals surface area contributed by atoms with E-state index < -0.39 is 23.9 Å². The zero-order chi connectivity index (χ0) is 25.0. The Hall–Kier alpha value is -1.84. The molecule has 0 heterocycles. The molecule has 176 valence electrons. The predicted molar refractivity (Wildman–Crippen MR) is 114 cm³/mol. The van der Waals surface area contributed by atoms with Gasteiger partial charge in [0.05, 0.1) is 23.9 Å². The summed E-state index contributed by atoms with van der Waals surface area (Å²) in [6.07, 6.45) is 2.62. The zero-order valence-corrected chi connectivity index (χ0v) is 23.6. The van der Waals surface area contributed by atoms with Gasteiger partial charge in [-0.2, -0.15) is 0 Å². The molecule has 0 atom stereocenters. The van der Waals surface area contributed by atoms with Crippen LogP contribution in [0.5, 0.6) is 0 Å². The molecular formula is C22H36O8Sn. The average Bonchev–Trinajstić information content (AvgIpc) is 2.60. The minimum atomic E-state index is -1.50. The third kappa shape index (κ3) is 28.2. The van der Waals surface area contributed by atoms with Gasteiger partial charge >= 0.3 is 69.5 Å². The van der Waals surface area contributed by atoms with E-state index in [9.17, 15) is 39.6 Å². The van der Waals surface area contributed by atoms with Crippen LogP contribution in [0.25, 0.3) is 0 Å². The van der Waals surface area contributed by atoms with E-state index in [1.165, 1.54) is 0 Å². The first-order valence-electron chi connectivity index (χ1n) is 10.5. The van der Waals surface area contributed by atoms with Gasteiger partial charge in [0.2, 0.25) is 0 Å². The van der Waals surface area contributed by atoms with Crippen molar-refractivity contribution < 1.29 is 39.6 Å². The van der Waals surface area contributed by atoms with Crippen molar-refractivity contribution in [3.63, 3.8) is 0 Å².